The van der Waals surface area contributed by atoms with Gasteiger partial charge in [-0.3, -0.25) is 0 Å². The summed E-state index contributed by atoms with van der Waals surface area (Å²) in [4.78, 5) is 4.76. The zero-order valence-corrected chi connectivity index (χ0v) is 14.6. The van der Waals surface area contributed by atoms with Gasteiger partial charge in [0, 0.05) is 6.54 Å². The Morgan fingerprint density at radius 1 is 1.09 bits per heavy atom. The molecule has 0 radical (unpaired) electrons. The van der Waals surface area contributed by atoms with Crippen molar-refractivity contribution >= 4 is 0 Å². The minimum absolute atomic E-state index is 0.423. The van der Waals surface area contributed by atoms with Crippen LogP contribution in [0.2, 0.25) is 0 Å². The number of rotatable bonds is 5. The van der Waals surface area contributed by atoms with E-state index in [4.69, 9.17) is 4.74 Å². The zero-order chi connectivity index (χ0) is 15.5. The van der Waals surface area contributed by atoms with E-state index in [1.165, 1.54) is 57.8 Å². The van der Waals surface area contributed by atoms with Gasteiger partial charge in [-0.2, -0.15) is 0 Å². The van der Waals surface area contributed by atoms with E-state index in [0.717, 1.165) is 30.8 Å². The molecule has 1 heterocycles. The van der Waals surface area contributed by atoms with Crippen LogP contribution in [0.25, 0.3) is 0 Å². The molecule has 2 saturated carbocycles. The highest BCUT2D eigenvalue weighted by molar-refractivity contribution is 5.03. The van der Waals surface area contributed by atoms with Gasteiger partial charge < -0.3 is 14.5 Å². The van der Waals surface area contributed by atoms with Gasteiger partial charge in [-0.25, -0.2) is 0 Å². The molecule has 0 amide bonds. The van der Waals surface area contributed by atoms with Crippen molar-refractivity contribution in [2.75, 3.05) is 27.2 Å². The normalized spacial score (nSPS) is 33.1. The van der Waals surface area contributed by atoms with Crippen LogP contribution in [0.4, 0.5) is 0 Å². The highest BCUT2D eigenvalue weighted by Gasteiger charge is 2.43. The minimum atomic E-state index is 0.423. The molecule has 3 nitrogen and oxygen atoms in total. The number of hydrogen-bond acceptors (Lipinski definition) is 3. The number of nitrogens with zero attached hydrogens (tertiary/aromatic N) is 2. The summed E-state index contributed by atoms with van der Waals surface area (Å²) in [7, 11) is 4.30. The molecule has 3 heteroatoms. The van der Waals surface area contributed by atoms with Crippen LogP contribution in [-0.4, -0.2) is 49.1 Å². The average Bonchev–Trinajstić information content (AvgIpc) is 2.83. The molecule has 22 heavy (non-hydrogen) atoms. The fourth-order valence-electron chi connectivity index (χ4n) is 4.92. The fourth-order valence-corrected chi connectivity index (χ4v) is 4.92. The Morgan fingerprint density at radius 2 is 1.86 bits per heavy atom. The van der Waals surface area contributed by atoms with E-state index < -0.39 is 0 Å². The fraction of sp³-hybridized carbons (Fsp3) is 0.895. The molecule has 0 aromatic rings. The van der Waals surface area contributed by atoms with Crippen LogP contribution >= 0.6 is 0 Å². The lowest BCUT2D eigenvalue weighted by Gasteiger charge is -2.39. The average molecular weight is 306 g/mol. The summed E-state index contributed by atoms with van der Waals surface area (Å²) >= 11 is 0. The molecule has 0 spiro atoms. The van der Waals surface area contributed by atoms with Crippen LogP contribution in [0.1, 0.15) is 57.8 Å². The molecule has 0 aromatic heterocycles. The second-order valence-electron chi connectivity index (χ2n) is 7.94. The summed E-state index contributed by atoms with van der Waals surface area (Å²) in [5, 5.41) is 0. The molecule has 0 bridgehead atoms. The van der Waals surface area contributed by atoms with Gasteiger partial charge in [0.25, 0.3) is 0 Å². The molecule has 126 valence electrons. The lowest BCUT2D eigenvalue weighted by Crippen LogP contribution is -2.42. The summed E-state index contributed by atoms with van der Waals surface area (Å²) in [6, 6.07) is 0.607. The summed E-state index contributed by atoms with van der Waals surface area (Å²) in [6.07, 6.45) is 12.9. The van der Waals surface area contributed by atoms with Gasteiger partial charge in [0.1, 0.15) is 6.10 Å². The molecule has 1 aliphatic heterocycles. The highest BCUT2D eigenvalue weighted by Crippen LogP contribution is 2.43. The quantitative estimate of drug-likeness (QED) is 0.767. The van der Waals surface area contributed by atoms with E-state index >= 15 is 0 Å². The van der Waals surface area contributed by atoms with Crippen molar-refractivity contribution in [2.24, 2.45) is 11.8 Å². The van der Waals surface area contributed by atoms with Crippen LogP contribution in [0.3, 0.4) is 0 Å². The molecule has 2 aliphatic carbocycles. The lowest BCUT2D eigenvalue weighted by atomic mass is 9.71. The van der Waals surface area contributed by atoms with Crippen molar-refractivity contribution in [1.29, 1.82) is 0 Å². The van der Waals surface area contributed by atoms with E-state index in [0.29, 0.717) is 12.1 Å². The molecule has 3 aliphatic rings. The van der Waals surface area contributed by atoms with Crippen LogP contribution < -0.4 is 0 Å². The third-order valence-corrected chi connectivity index (χ3v) is 6.12. The first-order valence-corrected chi connectivity index (χ1v) is 9.42. The van der Waals surface area contributed by atoms with Crippen molar-refractivity contribution in [3.05, 3.63) is 12.5 Å². The molecular weight excluding hydrogens is 272 g/mol. The first-order valence-electron chi connectivity index (χ1n) is 9.42. The maximum atomic E-state index is 6.09. The standard InChI is InChI=1S/C19H34N2O/c1-15-21(13-7-12-20(2)3)18-14-17(10-11-19(18)22-15)16-8-5-4-6-9-16/h16-19H,1,4-14H2,2-3H3. The maximum absolute atomic E-state index is 6.09. The van der Waals surface area contributed by atoms with E-state index in [1.807, 2.05) is 0 Å². The van der Waals surface area contributed by atoms with E-state index in [-0.39, 0.29) is 0 Å². The van der Waals surface area contributed by atoms with Gasteiger partial charge >= 0.3 is 0 Å². The topological polar surface area (TPSA) is 15.7 Å². The van der Waals surface area contributed by atoms with Gasteiger partial charge in [-0.15, -0.1) is 0 Å². The van der Waals surface area contributed by atoms with Gasteiger partial charge in [0.05, 0.1) is 6.04 Å². The first kappa shape index (κ1) is 16.2. The van der Waals surface area contributed by atoms with Crippen molar-refractivity contribution in [1.82, 2.24) is 9.80 Å². The smallest absolute Gasteiger partial charge is 0.182 e. The summed E-state index contributed by atoms with van der Waals surface area (Å²) < 4.78 is 6.09. The molecule has 3 atom stereocenters. The minimum Gasteiger partial charge on any atom is -0.474 e. The van der Waals surface area contributed by atoms with Crippen LogP contribution in [-0.2, 0) is 4.74 Å². The second kappa shape index (κ2) is 7.25. The van der Waals surface area contributed by atoms with Crippen LogP contribution in [0, 0.1) is 11.8 Å². The van der Waals surface area contributed by atoms with Crippen LogP contribution in [0.5, 0.6) is 0 Å². The molecule has 0 aromatic carbocycles. The van der Waals surface area contributed by atoms with Crippen molar-refractivity contribution in [2.45, 2.75) is 69.9 Å². The Kier molecular flexibility index (Phi) is 5.33. The van der Waals surface area contributed by atoms with E-state index in [1.54, 1.807) is 0 Å². The zero-order valence-electron chi connectivity index (χ0n) is 14.6. The molecule has 3 unspecified atom stereocenters. The Hall–Kier alpha value is -0.700. The maximum Gasteiger partial charge on any atom is 0.182 e. The van der Waals surface area contributed by atoms with Gasteiger partial charge in [0.2, 0.25) is 0 Å². The predicted octanol–water partition coefficient (Wildman–Crippen LogP) is 3.86. The Morgan fingerprint density at radius 3 is 2.59 bits per heavy atom. The predicted molar refractivity (Wildman–Crippen MR) is 91.6 cm³/mol. The lowest BCUT2D eigenvalue weighted by molar-refractivity contribution is 0.0732. The van der Waals surface area contributed by atoms with Gasteiger partial charge in [0.15, 0.2) is 5.88 Å². The molecule has 3 fully saturated rings. The molecular formula is C19H34N2O. The molecule has 0 N–H and O–H groups in total. The third kappa shape index (κ3) is 3.61. The summed E-state index contributed by atoms with van der Waals surface area (Å²) in [5.74, 6) is 2.87. The molecule has 3 rings (SSSR count). The Labute approximate surface area is 136 Å². The Bertz CT molecular complexity index is 376. The number of hydrogen-bond donors (Lipinski definition) is 0. The summed E-state index contributed by atoms with van der Waals surface area (Å²) in [5.41, 5.74) is 0. The largest absolute Gasteiger partial charge is 0.474 e. The van der Waals surface area contributed by atoms with Gasteiger partial charge in [-0.05, 0) is 64.7 Å². The number of fused-ring (bicyclic) bond motifs is 1. The van der Waals surface area contributed by atoms with Crippen molar-refractivity contribution in [3.8, 4) is 0 Å². The van der Waals surface area contributed by atoms with Crippen molar-refractivity contribution < 1.29 is 4.74 Å². The Balaban J connectivity index is 1.57. The second-order valence-corrected chi connectivity index (χ2v) is 7.94. The monoisotopic (exact) mass is 306 g/mol. The van der Waals surface area contributed by atoms with Crippen molar-refractivity contribution in [3.63, 3.8) is 0 Å². The van der Waals surface area contributed by atoms with E-state index in [2.05, 4.69) is 30.5 Å². The van der Waals surface area contributed by atoms with E-state index in [9.17, 15) is 0 Å². The summed E-state index contributed by atoms with van der Waals surface area (Å²) in [6.45, 7) is 6.44. The number of ether oxygens (including phenoxy) is 1. The highest BCUT2D eigenvalue weighted by atomic mass is 16.5. The first-order chi connectivity index (χ1) is 10.6. The van der Waals surface area contributed by atoms with Gasteiger partial charge in [-0.1, -0.05) is 32.1 Å². The molecule has 1 saturated heterocycles. The van der Waals surface area contributed by atoms with Crippen LogP contribution in [0.15, 0.2) is 12.5 Å². The third-order valence-electron chi connectivity index (χ3n) is 6.12. The SMILES string of the molecule is C=C1OC2CCC(C3CCCCC3)CC2N1CCCN(C)C.